The number of benzene rings is 2. The van der Waals surface area contributed by atoms with Gasteiger partial charge in [-0.1, -0.05) is 24.3 Å². The smallest absolute Gasteiger partial charge is 0.257 e. The van der Waals surface area contributed by atoms with E-state index in [1.54, 1.807) is 6.07 Å². The Hall–Kier alpha value is -3.26. The predicted octanol–water partition coefficient (Wildman–Crippen LogP) is 0.249. The van der Waals surface area contributed by atoms with Gasteiger partial charge >= 0.3 is 0 Å². The van der Waals surface area contributed by atoms with Crippen LogP contribution in [0, 0.1) is 0 Å². The van der Waals surface area contributed by atoms with Crippen molar-refractivity contribution < 1.29 is 9.69 Å². The van der Waals surface area contributed by atoms with E-state index in [2.05, 4.69) is 38.9 Å². The molecule has 1 aliphatic rings. The quantitative estimate of drug-likeness (QED) is 0.694. The second-order valence-electron chi connectivity index (χ2n) is 6.69. The van der Waals surface area contributed by atoms with E-state index < -0.39 is 0 Å². The number of nitrogens with one attached hydrogen (secondary N) is 2. The first-order valence-electron chi connectivity index (χ1n) is 9.01. The van der Waals surface area contributed by atoms with Crippen molar-refractivity contribution in [3.8, 4) is 5.69 Å². The second kappa shape index (κ2) is 7.55. The van der Waals surface area contributed by atoms with Crippen LogP contribution in [0.3, 0.4) is 0 Å². The fourth-order valence-corrected chi connectivity index (χ4v) is 3.31. The number of nitrogens with zero attached hydrogens (tertiary/aromatic N) is 5. The summed E-state index contributed by atoms with van der Waals surface area (Å²) in [6, 6.07) is 15.2. The molecule has 1 aromatic heterocycles. The van der Waals surface area contributed by atoms with E-state index in [0.717, 1.165) is 37.6 Å². The van der Waals surface area contributed by atoms with Gasteiger partial charge in [0.05, 0.1) is 55.9 Å². The third-order valence-corrected chi connectivity index (χ3v) is 4.85. The molecule has 3 aromatic rings. The van der Waals surface area contributed by atoms with Crippen LogP contribution in [0.15, 0.2) is 54.9 Å². The van der Waals surface area contributed by atoms with Crippen molar-refractivity contribution in [2.45, 2.75) is 0 Å². The number of piperazine rings is 1. The Morgan fingerprint density at radius 1 is 1.04 bits per heavy atom. The molecule has 1 aliphatic heterocycles. The van der Waals surface area contributed by atoms with Crippen molar-refractivity contribution in [1.29, 1.82) is 0 Å². The lowest BCUT2D eigenvalue weighted by atomic mass is 10.1. The molecule has 0 spiro atoms. The zero-order valence-electron chi connectivity index (χ0n) is 15.2. The van der Waals surface area contributed by atoms with Crippen LogP contribution in [0.4, 0.5) is 11.4 Å². The maximum Gasteiger partial charge on any atom is 0.257 e. The predicted molar refractivity (Wildman–Crippen MR) is 102 cm³/mol. The number of carbonyl (C=O) groups excluding carboxylic acids is 1. The number of carbonyl (C=O) groups is 1. The molecule has 0 aliphatic carbocycles. The molecule has 1 saturated heterocycles. The normalized spacial score (nSPS) is 14.9. The third-order valence-electron chi connectivity index (χ3n) is 4.85. The first-order valence-corrected chi connectivity index (χ1v) is 9.01. The molecule has 8 heteroatoms. The fraction of sp³-hybridized carbons (Fsp3) is 0.263. The largest absolute Gasteiger partial charge is 0.359 e. The average molecular weight is 364 g/mol. The zero-order valence-corrected chi connectivity index (χ0v) is 15.2. The number of quaternary nitrogens is 1. The van der Waals surface area contributed by atoms with E-state index >= 15 is 0 Å². The van der Waals surface area contributed by atoms with Crippen molar-refractivity contribution in [3.63, 3.8) is 0 Å². The van der Waals surface area contributed by atoms with Gasteiger partial charge in [-0.15, -0.1) is 5.10 Å². The minimum Gasteiger partial charge on any atom is -0.359 e. The summed E-state index contributed by atoms with van der Waals surface area (Å²) in [6.45, 7) is 4.12. The number of rotatable bonds is 4. The number of likely N-dealkylation sites (N-methyl/N-ethyl adjacent to an activating group) is 1. The molecule has 8 nitrogen and oxygen atoms in total. The molecule has 2 heterocycles. The van der Waals surface area contributed by atoms with Crippen LogP contribution in [-0.2, 0) is 0 Å². The Kier molecular flexibility index (Phi) is 4.80. The molecule has 27 heavy (non-hydrogen) atoms. The highest BCUT2D eigenvalue weighted by molar-refractivity contribution is 6.08. The van der Waals surface area contributed by atoms with Crippen LogP contribution in [0.2, 0.25) is 0 Å². The number of aromatic nitrogens is 4. The highest BCUT2D eigenvalue weighted by atomic mass is 16.1. The number of tetrazole rings is 1. The summed E-state index contributed by atoms with van der Waals surface area (Å²) in [4.78, 5) is 16.9. The third kappa shape index (κ3) is 3.65. The highest BCUT2D eigenvalue weighted by Crippen LogP contribution is 2.26. The van der Waals surface area contributed by atoms with E-state index in [4.69, 9.17) is 0 Å². The molecule has 2 N–H and O–H groups in total. The van der Waals surface area contributed by atoms with Gasteiger partial charge in [0.1, 0.15) is 6.33 Å². The van der Waals surface area contributed by atoms with Crippen molar-refractivity contribution in [1.82, 2.24) is 20.2 Å². The van der Waals surface area contributed by atoms with Crippen molar-refractivity contribution in [2.24, 2.45) is 0 Å². The van der Waals surface area contributed by atoms with Crippen LogP contribution >= 0.6 is 0 Å². The summed E-state index contributed by atoms with van der Waals surface area (Å²) in [5.41, 5.74) is 3.02. The Morgan fingerprint density at radius 3 is 2.48 bits per heavy atom. The molecule has 0 unspecified atom stereocenters. The topological polar surface area (TPSA) is 80.4 Å². The Bertz CT molecular complexity index is 917. The van der Waals surface area contributed by atoms with E-state index in [1.807, 2.05) is 36.4 Å². The molecule has 0 atom stereocenters. The molecule has 1 amide bonds. The minimum atomic E-state index is -0.187. The lowest BCUT2D eigenvalue weighted by Gasteiger charge is -2.33. The summed E-state index contributed by atoms with van der Waals surface area (Å²) in [5.74, 6) is -0.187. The Morgan fingerprint density at radius 2 is 1.74 bits per heavy atom. The van der Waals surface area contributed by atoms with Crippen molar-refractivity contribution in [3.05, 3.63) is 60.4 Å². The van der Waals surface area contributed by atoms with E-state index in [9.17, 15) is 4.79 Å². The maximum absolute atomic E-state index is 13.0. The SMILES string of the molecule is C[NH+]1CCN(c2ccccc2NC(=O)c2ccccc2-n2cnnn2)CC1. The summed E-state index contributed by atoms with van der Waals surface area (Å²) in [6.07, 6.45) is 1.48. The molecule has 0 bridgehead atoms. The Balaban J connectivity index is 1.60. The fourth-order valence-electron chi connectivity index (χ4n) is 3.31. The molecular formula is C19H22N7O+. The monoisotopic (exact) mass is 364 g/mol. The number of para-hydroxylation sites is 3. The van der Waals surface area contributed by atoms with E-state index in [1.165, 1.54) is 15.9 Å². The van der Waals surface area contributed by atoms with Crippen LogP contribution in [0.1, 0.15) is 10.4 Å². The summed E-state index contributed by atoms with van der Waals surface area (Å²) >= 11 is 0. The van der Waals surface area contributed by atoms with E-state index in [-0.39, 0.29) is 5.91 Å². The first kappa shape index (κ1) is 17.2. The summed E-state index contributed by atoms with van der Waals surface area (Å²) in [5, 5.41) is 14.3. The van der Waals surface area contributed by atoms with Gasteiger partial charge in [-0.3, -0.25) is 4.79 Å². The minimum absolute atomic E-state index is 0.187. The van der Waals surface area contributed by atoms with Crippen molar-refractivity contribution >= 4 is 17.3 Å². The zero-order chi connectivity index (χ0) is 18.6. The van der Waals surface area contributed by atoms with Gasteiger partial charge in [-0.2, -0.15) is 4.68 Å². The van der Waals surface area contributed by atoms with Crippen molar-refractivity contribution in [2.75, 3.05) is 43.4 Å². The average Bonchev–Trinajstić information content (AvgIpc) is 3.24. The standard InChI is InChI=1S/C19H21N7O/c1-24-10-12-25(13-11-24)18-9-5-3-7-16(18)21-19(27)15-6-2-4-8-17(15)26-14-20-22-23-26/h2-9,14H,10-13H2,1H3,(H,21,27)/p+1. The maximum atomic E-state index is 13.0. The number of amides is 1. The number of hydrogen-bond donors (Lipinski definition) is 2. The van der Waals surface area contributed by atoms with Gasteiger partial charge in [-0.05, 0) is 34.7 Å². The lowest BCUT2D eigenvalue weighted by Crippen LogP contribution is -3.12. The molecule has 0 saturated carbocycles. The van der Waals surface area contributed by atoms with Gasteiger partial charge in [0, 0.05) is 0 Å². The van der Waals surface area contributed by atoms with Crippen LogP contribution in [0.25, 0.3) is 5.69 Å². The van der Waals surface area contributed by atoms with Gasteiger partial charge in [-0.25, -0.2) is 0 Å². The number of anilines is 2. The second-order valence-corrected chi connectivity index (χ2v) is 6.69. The van der Waals surface area contributed by atoms with Gasteiger partial charge < -0.3 is 15.1 Å². The molecule has 1 fully saturated rings. The van der Waals surface area contributed by atoms with Gasteiger partial charge in [0.25, 0.3) is 5.91 Å². The molecule has 0 radical (unpaired) electrons. The number of hydrogen-bond acceptors (Lipinski definition) is 5. The lowest BCUT2D eigenvalue weighted by molar-refractivity contribution is -0.880. The van der Waals surface area contributed by atoms with Crippen LogP contribution in [-0.4, -0.2) is 59.3 Å². The first-order chi connectivity index (χ1) is 13.2. The van der Waals surface area contributed by atoms with Gasteiger partial charge in [0.15, 0.2) is 0 Å². The molecular weight excluding hydrogens is 342 g/mol. The van der Waals surface area contributed by atoms with Crippen LogP contribution in [0.5, 0.6) is 0 Å². The highest BCUT2D eigenvalue weighted by Gasteiger charge is 2.21. The molecule has 138 valence electrons. The summed E-state index contributed by atoms with van der Waals surface area (Å²) < 4.78 is 1.49. The molecule has 4 rings (SSSR count). The Labute approximate surface area is 157 Å². The summed E-state index contributed by atoms with van der Waals surface area (Å²) in [7, 11) is 2.21. The van der Waals surface area contributed by atoms with E-state index in [0.29, 0.717) is 11.3 Å². The van der Waals surface area contributed by atoms with Gasteiger partial charge in [0.2, 0.25) is 0 Å². The van der Waals surface area contributed by atoms with Crippen LogP contribution < -0.4 is 15.1 Å². The molecule has 2 aromatic carbocycles.